The van der Waals surface area contributed by atoms with Gasteiger partial charge in [-0.25, -0.2) is 0 Å². The molecule has 130 valence electrons. The predicted molar refractivity (Wildman–Crippen MR) is 89.7 cm³/mol. The predicted octanol–water partition coefficient (Wildman–Crippen LogP) is 2.88. The van der Waals surface area contributed by atoms with Crippen molar-refractivity contribution in [1.29, 1.82) is 0 Å². The molecular formula is C18H19N3O4. The Morgan fingerprint density at radius 1 is 1.28 bits per heavy atom. The van der Waals surface area contributed by atoms with Crippen molar-refractivity contribution in [2.75, 3.05) is 0 Å². The van der Waals surface area contributed by atoms with Crippen LogP contribution in [0, 0.1) is 6.92 Å². The van der Waals surface area contributed by atoms with Crippen LogP contribution in [0.4, 0.5) is 0 Å². The molecule has 0 aliphatic heterocycles. The first-order valence-corrected chi connectivity index (χ1v) is 7.96. The van der Waals surface area contributed by atoms with Gasteiger partial charge in [0.2, 0.25) is 0 Å². The fraction of sp³-hybridized carbons (Fsp3) is 0.278. The van der Waals surface area contributed by atoms with Crippen molar-refractivity contribution in [3.05, 3.63) is 59.8 Å². The Morgan fingerprint density at radius 2 is 2.08 bits per heavy atom. The van der Waals surface area contributed by atoms with Gasteiger partial charge in [-0.05, 0) is 38.1 Å². The molecule has 0 radical (unpaired) electrons. The maximum absolute atomic E-state index is 12.6. The van der Waals surface area contributed by atoms with Crippen LogP contribution in [0.5, 0.6) is 0 Å². The minimum absolute atomic E-state index is 0.259. The van der Waals surface area contributed by atoms with Gasteiger partial charge in [-0.2, -0.15) is 4.98 Å². The second kappa shape index (κ2) is 7.31. The van der Waals surface area contributed by atoms with Gasteiger partial charge >= 0.3 is 0 Å². The minimum atomic E-state index is -0.779. The molecule has 0 saturated carbocycles. The van der Waals surface area contributed by atoms with E-state index < -0.39 is 6.10 Å². The molecule has 2 unspecified atom stereocenters. The zero-order chi connectivity index (χ0) is 17.8. The van der Waals surface area contributed by atoms with Gasteiger partial charge in [0.05, 0.1) is 17.4 Å². The minimum Gasteiger partial charge on any atom is -0.467 e. The van der Waals surface area contributed by atoms with Crippen LogP contribution < -0.4 is 5.32 Å². The first-order valence-electron chi connectivity index (χ1n) is 7.96. The lowest BCUT2D eigenvalue weighted by molar-refractivity contribution is 0.0903. The summed E-state index contributed by atoms with van der Waals surface area (Å²) in [5, 5.41) is 16.8. The molecule has 3 rings (SSSR count). The molecule has 2 heterocycles. The van der Waals surface area contributed by atoms with E-state index in [0.717, 1.165) is 0 Å². The Hall–Kier alpha value is -2.93. The molecule has 3 aromatic rings. The third-order valence-electron chi connectivity index (χ3n) is 3.76. The molecule has 0 spiro atoms. The molecular weight excluding hydrogens is 322 g/mol. The lowest BCUT2D eigenvalue weighted by Gasteiger charge is -2.17. The normalized spacial score (nSPS) is 13.4. The molecule has 0 saturated heterocycles. The maximum Gasteiger partial charge on any atom is 0.258 e. The van der Waals surface area contributed by atoms with Crippen molar-refractivity contribution in [3.8, 4) is 11.5 Å². The fourth-order valence-electron chi connectivity index (χ4n) is 2.57. The smallest absolute Gasteiger partial charge is 0.258 e. The molecule has 1 aromatic carbocycles. The number of nitrogens with one attached hydrogen (secondary N) is 1. The monoisotopic (exact) mass is 341 g/mol. The van der Waals surface area contributed by atoms with Gasteiger partial charge in [0.1, 0.15) is 11.9 Å². The zero-order valence-corrected chi connectivity index (χ0v) is 14.0. The van der Waals surface area contributed by atoms with Crippen molar-refractivity contribution in [2.24, 2.45) is 0 Å². The molecule has 0 fully saturated rings. The summed E-state index contributed by atoms with van der Waals surface area (Å²) in [4.78, 5) is 16.8. The number of aryl methyl sites for hydroxylation is 1. The number of amides is 1. The summed E-state index contributed by atoms with van der Waals surface area (Å²) in [6.45, 7) is 3.54. The highest BCUT2D eigenvalue weighted by molar-refractivity contribution is 6.00. The first-order chi connectivity index (χ1) is 12.0. The quantitative estimate of drug-likeness (QED) is 0.715. The van der Waals surface area contributed by atoms with Gasteiger partial charge < -0.3 is 19.4 Å². The summed E-state index contributed by atoms with van der Waals surface area (Å²) in [5.41, 5.74) is 1.00. The first kappa shape index (κ1) is 16.9. The second-order valence-electron chi connectivity index (χ2n) is 5.83. The van der Waals surface area contributed by atoms with Crippen molar-refractivity contribution in [2.45, 2.75) is 32.4 Å². The van der Waals surface area contributed by atoms with E-state index in [0.29, 0.717) is 35.0 Å². The number of nitrogens with zero attached hydrogens (tertiary/aromatic N) is 2. The SMILES string of the molecule is Cc1noc(-c2ccccc2C(=O)NC(C)CC(O)c2ccco2)n1. The van der Waals surface area contributed by atoms with Crippen molar-refractivity contribution in [3.63, 3.8) is 0 Å². The number of carbonyl (C=O) groups excluding carboxylic acids is 1. The summed E-state index contributed by atoms with van der Waals surface area (Å²) < 4.78 is 10.3. The number of aliphatic hydroxyl groups is 1. The van der Waals surface area contributed by atoms with Gasteiger partial charge in [0.25, 0.3) is 11.8 Å². The number of aromatic nitrogens is 2. The fourth-order valence-corrected chi connectivity index (χ4v) is 2.57. The number of carbonyl (C=O) groups is 1. The second-order valence-corrected chi connectivity index (χ2v) is 5.83. The zero-order valence-electron chi connectivity index (χ0n) is 14.0. The molecule has 0 aliphatic carbocycles. The van der Waals surface area contributed by atoms with Crippen LogP contribution in [-0.4, -0.2) is 27.2 Å². The van der Waals surface area contributed by atoms with Crippen LogP contribution in [-0.2, 0) is 0 Å². The summed E-state index contributed by atoms with van der Waals surface area (Å²) in [6, 6.07) is 10.2. The largest absolute Gasteiger partial charge is 0.467 e. The van der Waals surface area contributed by atoms with Crippen LogP contribution in [0.25, 0.3) is 11.5 Å². The molecule has 0 aliphatic rings. The standard InChI is InChI=1S/C18H19N3O4/c1-11(10-15(22)16-8-5-9-24-16)19-17(23)13-6-3-4-7-14(13)18-20-12(2)21-25-18/h3-9,11,15,22H,10H2,1-2H3,(H,19,23). The van der Waals surface area contributed by atoms with E-state index in [9.17, 15) is 9.90 Å². The van der Waals surface area contributed by atoms with E-state index in [2.05, 4.69) is 15.5 Å². The molecule has 25 heavy (non-hydrogen) atoms. The highest BCUT2D eigenvalue weighted by Gasteiger charge is 2.20. The van der Waals surface area contributed by atoms with Crippen LogP contribution in [0.15, 0.2) is 51.6 Å². The molecule has 2 atom stereocenters. The lowest BCUT2D eigenvalue weighted by Crippen LogP contribution is -2.34. The highest BCUT2D eigenvalue weighted by Crippen LogP contribution is 2.23. The third-order valence-corrected chi connectivity index (χ3v) is 3.76. The topological polar surface area (TPSA) is 101 Å². The Kier molecular flexibility index (Phi) is 4.95. The van der Waals surface area contributed by atoms with Gasteiger partial charge in [0, 0.05) is 12.5 Å². The van der Waals surface area contributed by atoms with Gasteiger partial charge in [-0.3, -0.25) is 4.79 Å². The Balaban J connectivity index is 1.71. The summed E-state index contributed by atoms with van der Waals surface area (Å²) in [6.07, 6.45) is 1.06. The maximum atomic E-state index is 12.6. The van der Waals surface area contributed by atoms with E-state index in [-0.39, 0.29) is 11.9 Å². The number of hydrogen-bond acceptors (Lipinski definition) is 6. The Labute approximate surface area is 144 Å². The summed E-state index contributed by atoms with van der Waals surface area (Å²) in [5.74, 6) is 1.00. The highest BCUT2D eigenvalue weighted by atomic mass is 16.5. The van der Waals surface area contributed by atoms with E-state index in [4.69, 9.17) is 8.94 Å². The van der Waals surface area contributed by atoms with Crippen molar-refractivity contribution >= 4 is 5.91 Å². The number of rotatable bonds is 6. The number of aliphatic hydroxyl groups excluding tert-OH is 1. The number of hydrogen-bond donors (Lipinski definition) is 2. The molecule has 2 aromatic heterocycles. The summed E-state index contributed by atoms with van der Waals surface area (Å²) in [7, 11) is 0. The van der Waals surface area contributed by atoms with Crippen molar-refractivity contribution < 1.29 is 18.8 Å². The van der Waals surface area contributed by atoms with Crippen molar-refractivity contribution in [1.82, 2.24) is 15.5 Å². The van der Waals surface area contributed by atoms with Crippen LogP contribution in [0.3, 0.4) is 0 Å². The average Bonchev–Trinajstić information content (AvgIpc) is 3.26. The molecule has 7 nitrogen and oxygen atoms in total. The van der Waals surface area contributed by atoms with Crippen LogP contribution in [0.2, 0.25) is 0 Å². The molecule has 2 N–H and O–H groups in total. The van der Waals surface area contributed by atoms with Gasteiger partial charge in [0.15, 0.2) is 5.82 Å². The Bertz CT molecular complexity index is 842. The molecule has 0 bridgehead atoms. The molecule has 7 heteroatoms. The van der Waals surface area contributed by atoms with E-state index in [1.165, 1.54) is 6.26 Å². The lowest BCUT2D eigenvalue weighted by atomic mass is 10.0. The van der Waals surface area contributed by atoms with Crippen LogP contribution in [0.1, 0.15) is 41.4 Å². The summed E-state index contributed by atoms with van der Waals surface area (Å²) >= 11 is 0. The van der Waals surface area contributed by atoms with Gasteiger partial charge in [-0.15, -0.1) is 0 Å². The third kappa shape index (κ3) is 3.95. The Morgan fingerprint density at radius 3 is 2.76 bits per heavy atom. The average molecular weight is 341 g/mol. The van der Waals surface area contributed by atoms with E-state index in [1.54, 1.807) is 43.3 Å². The van der Waals surface area contributed by atoms with E-state index >= 15 is 0 Å². The van der Waals surface area contributed by atoms with Gasteiger partial charge in [-0.1, -0.05) is 17.3 Å². The molecule has 1 amide bonds. The van der Waals surface area contributed by atoms with E-state index in [1.807, 2.05) is 6.92 Å². The number of furan rings is 1. The van der Waals surface area contributed by atoms with Crippen LogP contribution >= 0.6 is 0 Å². The number of benzene rings is 1.